The van der Waals surface area contributed by atoms with Crippen LogP contribution in [0.5, 0.6) is 0 Å². The number of halogens is 1. The lowest BCUT2D eigenvalue weighted by Crippen LogP contribution is -2.52. The molecule has 1 saturated heterocycles. The molecule has 3 N–H and O–H groups in total. The highest BCUT2D eigenvalue weighted by atomic mass is 35.5. The van der Waals surface area contributed by atoms with E-state index in [1.54, 1.807) is 0 Å². The molecule has 3 amide bonds. The van der Waals surface area contributed by atoms with Crippen molar-refractivity contribution >= 4 is 35.8 Å². The Kier molecular flexibility index (Phi) is 10.5. The smallest absolute Gasteiger partial charge is 0.408 e. The number of carbonyl (C=O) groups is 4. The SMILES string of the molecule is CC1(C)CC(CC(C=O)NC(=O)[C@H](CC2CCCCC2)NC(=O)OC2CCCC2Cc2cccc(Cl)c2)C(=O)N1. The molecule has 40 heavy (non-hydrogen) atoms. The van der Waals surface area contributed by atoms with Crippen molar-refractivity contribution in [3.63, 3.8) is 0 Å². The van der Waals surface area contributed by atoms with Crippen molar-refractivity contribution in [1.29, 1.82) is 0 Å². The lowest BCUT2D eigenvalue weighted by Gasteiger charge is -2.28. The third-order valence-electron chi connectivity index (χ3n) is 8.76. The minimum absolute atomic E-state index is 0.101. The third kappa shape index (κ3) is 8.69. The topological polar surface area (TPSA) is 114 Å². The Balaban J connectivity index is 1.37. The number of amides is 3. The monoisotopic (exact) mass is 573 g/mol. The van der Waals surface area contributed by atoms with Crippen LogP contribution in [-0.2, 0) is 25.5 Å². The number of hydrogen-bond donors (Lipinski definition) is 3. The van der Waals surface area contributed by atoms with Crippen molar-refractivity contribution in [3.05, 3.63) is 34.9 Å². The summed E-state index contributed by atoms with van der Waals surface area (Å²) in [6.45, 7) is 3.89. The Labute approximate surface area is 242 Å². The number of carbonyl (C=O) groups excluding carboxylic acids is 4. The van der Waals surface area contributed by atoms with Crippen molar-refractivity contribution < 1.29 is 23.9 Å². The van der Waals surface area contributed by atoms with Crippen molar-refractivity contribution in [1.82, 2.24) is 16.0 Å². The van der Waals surface area contributed by atoms with Crippen LogP contribution in [0.15, 0.2) is 24.3 Å². The Morgan fingerprint density at radius 2 is 1.88 bits per heavy atom. The molecule has 1 heterocycles. The second kappa shape index (κ2) is 13.8. The zero-order valence-corrected chi connectivity index (χ0v) is 24.5. The number of ether oxygens (including phenoxy) is 1. The summed E-state index contributed by atoms with van der Waals surface area (Å²) in [6, 6.07) is 6.14. The summed E-state index contributed by atoms with van der Waals surface area (Å²) in [6.07, 6.45) is 10.1. The van der Waals surface area contributed by atoms with Gasteiger partial charge < -0.3 is 25.5 Å². The first-order valence-corrected chi connectivity index (χ1v) is 15.3. The molecule has 0 radical (unpaired) electrons. The molecule has 0 bridgehead atoms. The number of rotatable bonds is 11. The van der Waals surface area contributed by atoms with Gasteiger partial charge in [-0.3, -0.25) is 9.59 Å². The molecule has 2 aliphatic carbocycles. The van der Waals surface area contributed by atoms with Gasteiger partial charge in [-0.25, -0.2) is 4.79 Å². The molecule has 3 fully saturated rings. The maximum atomic E-state index is 13.4. The molecular formula is C31H44ClN3O5. The minimum Gasteiger partial charge on any atom is -0.446 e. The van der Waals surface area contributed by atoms with Crippen LogP contribution in [0.3, 0.4) is 0 Å². The fourth-order valence-electron chi connectivity index (χ4n) is 6.78. The van der Waals surface area contributed by atoms with Gasteiger partial charge in [0, 0.05) is 22.4 Å². The van der Waals surface area contributed by atoms with Crippen LogP contribution in [0.25, 0.3) is 0 Å². The van der Waals surface area contributed by atoms with Gasteiger partial charge >= 0.3 is 6.09 Å². The molecule has 5 atom stereocenters. The number of nitrogens with one attached hydrogen (secondary N) is 3. The first-order chi connectivity index (χ1) is 19.1. The largest absolute Gasteiger partial charge is 0.446 e. The molecule has 3 aliphatic rings. The Bertz CT molecular complexity index is 1060. The van der Waals surface area contributed by atoms with Gasteiger partial charge in [0.05, 0.1) is 6.04 Å². The van der Waals surface area contributed by atoms with E-state index < -0.39 is 24.1 Å². The zero-order valence-electron chi connectivity index (χ0n) is 23.8. The summed E-state index contributed by atoms with van der Waals surface area (Å²) >= 11 is 6.16. The van der Waals surface area contributed by atoms with Gasteiger partial charge in [0.2, 0.25) is 11.8 Å². The van der Waals surface area contributed by atoms with Crippen LogP contribution in [-0.4, -0.2) is 47.9 Å². The Morgan fingerprint density at radius 1 is 1.10 bits per heavy atom. The molecule has 4 unspecified atom stereocenters. The van der Waals surface area contributed by atoms with Crippen molar-refractivity contribution in [2.45, 2.75) is 115 Å². The maximum Gasteiger partial charge on any atom is 0.408 e. The fraction of sp³-hybridized carbons (Fsp3) is 0.677. The van der Waals surface area contributed by atoms with Crippen LogP contribution in [0.2, 0.25) is 5.02 Å². The molecule has 1 aromatic rings. The van der Waals surface area contributed by atoms with Crippen LogP contribution in [0.1, 0.15) is 90.0 Å². The molecular weight excluding hydrogens is 530 g/mol. The normalized spacial score (nSPS) is 26.0. The maximum absolute atomic E-state index is 13.4. The number of benzene rings is 1. The fourth-order valence-corrected chi connectivity index (χ4v) is 7.00. The predicted octanol–water partition coefficient (Wildman–Crippen LogP) is 5.10. The average Bonchev–Trinajstić information content (AvgIpc) is 3.44. The van der Waals surface area contributed by atoms with E-state index in [9.17, 15) is 19.2 Å². The van der Waals surface area contributed by atoms with E-state index in [4.69, 9.17) is 16.3 Å². The first-order valence-electron chi connectivity index (χ1n) is 14.9. The highest BCUT2D eigenvalue weighted by Gasteiger charge is 2.39. The molecule has 220 valence electrons. The molecule has 1 aliphatic heterocycles. The van der Waals surface area contributed by atoms with Gasteiger partial charge in [-0.05, 0) is 82.4 Å². The number of aldehydes is 1. The second-order valence-corrected chi connectivity index (χ2v) is 13.1. The standard InChI is InChI=1S/C31H44ClN3O5/c1-31(2)18-23(28(37)35-31)17-25(19-36)33-29(38)26(16-20-8-4-3-5-9-20)34-30(39)40-27-13-7-11-22(27)14-21-10-6-12-24(32)15-21/h6,10,12,15,19-20,22-23,25-27H,3-5,7-9,11,13-14,16-18H2,1-2H3,(H,33,38)(H,34,39)(H,35,37)/t22?,23?,25?,26-,27?/m0/s1. The Hall–Kier alpha value is -2.61. The first kappa shape index (κ1) is 30.4. The zero-order chi connectivity index (χ0) is 28.7. The van der Waals surface area contributed by atoms with E-state index in [0.717, 1.165) is 56.9 Å². The van der Waals surface area contributed by atoms with Gasteiger partial charge in [0.1, 0.15) is 18.4 Å². The molecule has 0 spiro atoms. The Morgan fingerprint density at radius 3 is 2.55 bits per heavy atom. The summed E-state index contributed by atoms with van der Waals surface area (Å²) in [5.41, 5.74) is 0.779. The highest BCUT2D eigenvalue weighted by molar-refractivity contribution is 6.30. The molecule has 1 aromatic carbocycles. The van der Waals surface area contributed by atoms with E-state index in [1.165, 1.54) is 6.42 Å². The minimum atomic E-state index is -0.806. The number of hydrogen-bond acceptors (Lipinski definition) is 5. The van der Waals surface area contributed by atoms with Gasteiger partial charge in [0.25, 0.3) is 0 Å². The van der Waals surface area contributed by atoms with E-state index >= 15 is 0 Å². The summed E-state index contributed by atoms with van der Waals surface area (Å²) in [5, 5.41) is 9.27. The summed E-state index contributed by atoms with van der Waals surface area (Å²) in [7, 11) is 0. The van der Waals surface area contributed by atoms with Gasteiger partial charge in [-0.2, -0.15) is 0 Å². The molecule has 2 saturated carbocycles. The van der Waals surface area contributed by atoms with Gasteiger partial charge in [0.15, 0.2) is 0 Å². The predicted molar refractivity (Wildman–Crippen MR) is 154 cm³/mol. The highest BCUT2D eigenvalue weighted by Crippen LogP contribution is 2.32. The molecule has 9 heteroatoms. The lowest BCUT2D eigenvalue weighted by molar-refractivity contribution is -0.127. The van der Waals surface area contributed by atoms with Gasteiger partial charge in [-0.15, -0.1) is 0 Å². The van der Waals surface area contributed by atoms with Crippen LogP contribution in [0, 0.1) is 17.8 Å². The van der Waals surface area contributed by atoms with Crippen molar-refractivity contribution in [2.24, 2.45) is 17.8 Å². The van der Waals surface area contributed by atoms with E-state index in [0.29, 0.717) is 30.1 Å². The average molecular weight is 574 g/mol. The summed E-state index contributed by atoms with van der Waals surface area (Å²) < 4.78 is 5.89. The van der Waals surface area contributed by atoms with Gasteiger partial charge in [-0.1, -0.05) is 55.8 Å². The third-order valence-corrected chi connectivity index (χ3v) is 8.99. The van der Waals surface area contributed by atoms with Crippen molar-refractivity contribution in [2.75, 3.05) is 0 Å². The van der Waals surface area contributed by atoms with E-state index in [-0.39, 0.29) is 35.8 Å². The second-order valence-electron chi connectivity index (χ2n) is 12.7. The number of alkyl carbamates (subject to hydrolysis) is 1. The van der Waals surface area contributed by atoms with Crippen molar-refractivity contribution in [3.8, 4) is 0 Å². The van der Waals surface area contributed by atoms with Crippen LogP contribution < -0.4 is 16.0 Å². The summed E-state index contributed by atoms with van der Waals surface area (Å²) in [4.78, 5) is 50.8. The van der Waals surface area contributed by atoms with E-state index in [2.05, 4.69) is 16.0 Å². The molecule has 0 aromatic heterocycles. The van der Waals surface area contributed by atoms with Crippen LogP contribution in [0.4, 0.5) is 4.79 Å². The lowest BCUT2D eigenvalue weighted by atomic mass is 9.84. The molecule has 4 rings (SSSR count). The quantitative estimate of drug-likeness (QED) is 0.319. The van der Waals surface area contributed by atoms with Crippen LogP contribution >= 0.6 is 11.6 Å². The van der Waals surface area contributed by atoms with E-state index in [1.807, 2.05) is 38.1 Å². The molecule has 8 nitrogen and oxygen atoms in total. The summed E-state index contributed by atoms with van der Waals surface area (Å²) in [5.74, 6) is -0.340.